The summed E-state index contributed by atoms with van der Waals surface area (Å²) in [6.45, 7) is 5.61. The van der Waals surface area contributed by atoms with Gasteiger partial charge < -0.3 is 24.8 Å². The lowest BCUT2D eigenvalue weighted by molar-refractivity contribution is 0.0872. The number of rotatable bonds is 5. The van der Waals surface area contributed by atoms with Crippen LogP contribution in [0.1, 0.15) is 37.2 Å². The van der Waals surface area contributed by atoms with Crippen LogP contribution in [0.3, 0.4) is 0 Å². The molecule has 3 heterocycles. The molecule has 8 nitrogen and oxygen atoms in total. The molecule has 2 atom stereocenters. The van der Waals surface area contributed by atoms with Crippen LogP contribution in [0.2, 0.25) is 0 Å². The van der Waals surface area contributed by atoms with Gasteiger partial charge in [-0.05, 0) is 47.6 Å². The largest absolute Gasteiger partial charge is 0.465 e. The normalized spacial score (nSPS) is 23.3. The van der Waals surface area contributed by atoms with E-state index in [1.165, 1.54) is 4.90 Å². The highest BCUT2D eigenvalue weighted by atomic mass is 16.4. The van der Waals surface area contributed by atoms with Crippen molar-refractivity contribution in [3.8, 4) is 0 Å². The van der Waals surface area contributed by atoms with Crippen molar-refractivity contribution in [1.82, 2.24) is 15.2 Å². The topological polar surface area (TPSA) is 116 Å². The van der Waals surface area contributed by atoms with Crippen molar-refractivity contribution < 1.29 is 24.2 Å². The van der Waals surface area contributed by atoms with E-state index in [0.29, 0.717) is 25.2 Å². The van der Waals surface area contributed by atoms with Gasteiger partial charge in [0.15, 0.2) is 11.3 Å². The number of aromatic nitrogens is 1. The summed E-state index contributed by atoms with van der Waals surface area (Å²) < 4.78 is 5.59. The maximum absolute atomic E-state index is 12.6. The molecule has 2 amide bonds. The van der Waals surface area contributed by atoms with E-state index >= 15 is 0 Å². The SMILES string of the molecule is CC(C)(CO)C1C(CNC(=O)c2cc3ccncc3o2)C12CCN(C(=O)O)CC2. The number of hydrogen-bond donors (Lipinski definition) is 3. The van der Waals surface area contributed by atoms with E-state index in [0.717, 1.165) is 18.2 Å². The molecule has 0 bridgehead atoms. The number of fused-ring (bicyclic) bond motifs is 1. The molecule has 0 aromatic carbocycles. The Bertz CT molecular complexity index is 896. The van der Waals surface area contributed by atoms with Crippen LogP contribution in [-0.4, -0.2) is 58.3 Å². The molecule has 2 fully saturated rings. The highest BCUT2D eigenvalue weighted by molar-refractivity contribution is 5.95. The fourth-order valence-electron chi connectivity index (χ4n) is 5.40. The highest BCUT2D eigenvalue weighted by Crippen LogP contribution is 2.70. The number of pyridine rings is 1. The van der Waals surface area contributed by atoms with Gasteiger partial charge in [0.05, 0.1) is 6.20 Å². The summed E-state index contributed by atoms with van der Waals surface area (Å²) in [5.41, 5.74) is 0.246. The first-order valence-corrected chi connectivity index (χ1v) is 9.99. The van der Waals surface area contributed by atoms with Crippen molar-refractivity contribution in [2.24, 2.45) is 22.7 Å². The van der Waals surface area contributed by atoms with Crippen LogP contribution in [0.15, 0.2) is 28.9 Å². The van der Waals surface area contributed by atoms with E-state index in [4.69, 9.17) is 4.42 Å². The minimum atomic E-state index is -0.886. The fraction of sp³-hybridized carbons (Fsp3) is 0.571. The maximum Gasteiger partial charge on any atom is 0.407 e. The third kappa shape index (κ3) is 3.35. The summed E-state index contributed by atoms with van der Waals surface area (Å²) in [6, 6.07) is 3.50. The number of piperidine rings is 1. The average molecular weight is 401 g/mol. The third-order valence-corrected chi connectivity index (χ3v) is 6.89. The Morgan fingerprint density at radius 3 is 2.72 bits per heavy atom. The predicted molar refractivity (Wildman–Crippen MR) is 105 cm³/mol. The number of nitrogens with zero attached hydrogens (tertiary/aromatic N) is 2. The number of carbonyl (C=O) groups excluding carboxylic acids is 1. The summed E-state index contributed by atoms with van der Waals surface area (Å²) in [4.78, 5) is 29.3. The van der Waals surface area contributed by atoms with Crippen molar-refractivity contribution in [3.05, 3.63) is 30.3 Å². The molecule has 0 radical (unpaired) electrons. The van der Waals surface area contributed by atoms with E-state index in [2.05, 4.69) is 10.3 Å². The van der Waals surface area contributed by atoms with Gasteiger partial charge in [-0.3, -0.25) is 9.78 Å². The molecular formula is C21H27N3O5. The number of aliphatic hydroxyl groups excluding tert-OH is 1. The number of carbonyl (C=O) groups is 2. The molecule has 1 saturated heterocycles. The zero-order valence-corrected chi connectivity index (χ0v) is 16.7. The van der Waals surface area contributed by atoms with Crippen molar-refractivity contribution in [2.45, 2.75) is 26.7 Å². The molecule has 1 aliphatic carbocycles. The molecule has 29 heavy (non-hydrogen) atoms. The van der Waals surface area contributed by atoms with Crippen LogP contribution >= 0.6 is 0 Å². The Labute approximate surface area is 168 Å². The van der Waals surface area contributed by atoms with Crippen molar-refractivity contribution in [3.63, 3.8) is 0 Å². The van der Waals surface area contributed by atoms with Gasteiger partial charge in [0, 0.05) is 37.8 Å². The lowest BCUT2D eigenvalue weighted by Crippen LogP contribution is -2.40. The second-order valence-electron chi connectivity index (χ2n) is 8.97. The number of nitrogens with one attached hydrogen (secondary N) is 1. The molecule has 4 rings (SSSR count). The van der Waals surface area contributed by atoms with Crippen LogP contribution in [0.5, 0.6) is 0 Å². The van der Waals surface area contributed by atoms with Gasteiger partial charge >= 0.3 is 6.09 Å². The Morgan fingerprint density at radius 1 is 1.38 bits per heavy atom. The molecule has 1 saturated carbocycles. The average Bonchev–Trinajstić information content (AvgIpc) is 3.10. The van der Waals surface area contributed by atoms with E-state index in [-0.39, 0.29) is 40.9 Å². The second-order valence-corrected chi connectivity index (χ2v) is 8.97. The summed E-state index contributed by atoms with van der Waals surface area (Å²) in [5, 5.41) is 23.0. The van der Waals surface area contributed by atoms with Crippen LogP contribution in [0, 0.1) is 22.7 Å². The lowest BCUT2D eigenvalue weighted by Gasteiger charge is -2.34. The van der Waals surface area contributed by atoms with Gasteiger partial charge in [-0.15, -0.1) is 0 Å². The first kappa shape index (κ1) is 19.7. The zero-order valence-electron chi connectivity index (χ0n) is 16.7. The molecule has 2 aromatic rings. The van der Waals surface area contributed by atoms with Gasteiger partial charge in [0.1, 0.15) is 0 Å². The van der Waals surface area contributed by atoms with Gasteiger partial charge in [-0.1, -0.05) is 13.8 Å². The number of aliphatic hydroxyl groups is 1. The van der Waals surface area contributed by atoms with E-state index < -0.39 is 6.09 Å². The van der Waals surface area contributed by atoms with Crippen LogP contribution in [0.25, 0.3) is 11.0 Å². The fourth-order valence-corrected chi connectivity index (χ4v) is 5.40. The van der Waals surface area contributed by atoms with E-state index in [1.807, 2.05) is 13.8 Å². The number of likely N-dealkylation sites (tertiary alicyclic amines) is 1. The number of amides is 2. The molecule has 2 unspecified atom stereocenters. The standard InChI is InChI=1S/C21H27N3O5/c1-20(2,12-25)17-14(21(17)4-7-24(8-5-21)19(27)28)10-23-18(26)15-9-13-3-6-22-11-16(13)29-15/h3,6,9,11,14,17,25H,4-5,7-8,10,12H2,1-2H3,(H,23,26)(H,27,28). The van der Waals surface area contributed by atoms with Gasteiger partial charge in [0.2, 0.25) is 0 Å². The minimum Gasteiger partial charge on any atom is -0.465 e. The number of carboxylic acid groups (broad SMARTS) is 1. The summed E-state index contributed by atoms with van der Waals surface area (Å²) >= 11 is 0. The molecule has 8 heteroatoms. The predicted octanol–water partition coefficient (Wildman–Crippen LogP) is 2.58. The minimum absolute atomic E-state index is 0.0384. The molecule has 1 spiro atoms. The van der Waals surface area contributed by atoms with Gasteiger partial charge in [-0.2, -0.15) is 0 Å². The van der Waals surface area contributed by atoms with Gasteiger partial charge in [-0.25, -0.2) is 4.79 Å². The smallest absolute Gasteiger partial charge is 0.407 e. The lowest BCUT2D eigenvalue weighted by atomic mass is 9.79. The molecule has 3 N–H and O–H groups in total. The van der Waals surface area contributed by atoms with Crippen molar-refractivity contribution >= 4 is 23.0 Å². The number of furan rings is 1. The Balaban J connectivity index is 1.46. The second kappa shape index (κ2) is 7.02. The molecular weight excluding hydrogens is 374 g/mol. The Morgan fingerprint density at radius 2 is 2.10 bits per heavy atom. The Kier molecular flexibility index (Phi) is 4.77. The summed E-state index contributed by atoms with van der Waals surface area (Å²) in [7, 11) is 0. The first-order chi connectivity index (χ1) is 13.8. The number of hydrogen-bond acceptors (Lipinski definition) is 5. The monoisotopic (exact) mass is 401 g/mol. The summed E-state index contributed by atoms with van der Waals surface area (Å²) in [6.07, 6.45) is 3.85. The van der Waals surface area contributed by atoms with Crippen molar-refractivity contribution in [2.75, 3.05) is 26.2 Å². The zero-order chi connectivity index (χ0) is 20.8. The van der Waals surface area contributed by atoms with E-state index in [9.17, 15) is 19.8 Å². The maximum atomic E-state index is 12.6. The van der Waals surface area contributed by atoms with E-state index in [1.54, 1.807) is 24.5 Å². The summed E-state index contributed by atoms with van der Waals surface area (Å²) in [5.74, 6) is 0.417. The molecule has 156 valence electrons. The van der Waals surface area contributed by atoms with Crippen LogP contribution in [0.4, 0.5) is 4.79 Å². The highest BCUT2D eigenvalue weighted by Gasteiger charge is 2.68. The molecule has 1 aliphatic heterocycles. The van der Waals surface area contributed by atoms with Gasteiger partial charge in [0.25, 0.3) is 5.91 Å². The first-order valence-electron chi connectivity index (χ1n) is 9.99. The van der Waals surface area contributed by atoms with Crippen LogP contribution in [-0.2, 0) is 0 Å². The third-order valence-electron chi connectivity index (χ3n) is 6.89. The molecule has 2 aromatic heterocycles. The quantitative estimate of drug-likeness (QED) is 0.709. The van der Waals surface area contributed by atoms with Crippen LogP contribution < -0.4 is 5.32 Å². The van der Waals surface area contributed by atoms with Crippen molar-refractivity contribution in [1.29, 1.82) is 0 Å². The molecule has 2 aliphatic rings. The Hall–Kier alpha value is -2.61.